The molecule has 206 valence electrons. The maximum absolute atomic E-state index is 13.1. The Balaban J connectivity index is 1.22. The molecule has 3 saturated heterocycles. The summed E-state index contributed by atoms with van der Waals surface area (Å²) < 4.78 is 5.62. The van der Waals surface area contributed by atoms with Gasteiger partial charge in [-0.2, -0.15) is 0 Å². The lowest BCUT2D eigenvalue weighted by Gasteiger charge is -2.47. The molecule has 1 amide bonds. The number of rotatable bonds is 8. The summed E-state index contributed by atoms with van der Waals surface area (Å²) in [6.07, 6.45) is 3.86. The van der Waals surface area contributed by atoms with Gasteiger partial charge in [0.2, 0.25) is 5.91 Å². The van der Waals surface area contributed by atoms with Gasteiger partial charge in [-0.25, -0.2) is 0 Å². The molecule has 7 heteroatoms. The van der Waals surface area contributed by atoms with Crippen molar-refractivity contribution in [3.8, 4) is 5.75 Å². The summed E-state index contributed by atoms with van der Waals surface area (Å²) in [7, 11) is 1.75. The number of nitrogens with zero attached hydrogens (tertiary/aromatic N) is 4. The molecule has 3 aliphatic rings. The van der Waals surface area contributed by atoms with Crippen LogP contribution in [0.2, 0.25) is 0 Å². The second-order valence-corrected chi connectivity index (χ2v) is 11.2. The van der Waals surface area contributed by atoms with Crippen molar-refractivity contribution in [3.63, 3.8) is 0 Å². The van der Waals surface area contributed by atoms with Crippen LogP contribution in [-0.2, 0) is 11.3 Å². The topological polar surface area (TPSA) is 59.5 Å². The lowest BCUT2D eigenvalue weighted by molar-refractivity contribution is -0.133. The van der Waals surface area contributed by atoms with E-state index in [0.29, 0.717) is 44.3 Å². The Kier molecular flexibility index (Phi) is 9.20. The molecule has 3 heterocycles. The number of para-hydroxylation sites is 2. The highest BCUT2D eigenvalue weighted by Gasteiger charge is 2.35. The van der Waals surface area contributed by atoms with Gasteiger partial charge in [0, 0.05) is 64.8 Å². The largest absolute Gasteiger partial charge is 0.495 e. The second kappa shape index (κ2) is 13.0. The van der Waals surface area contributed by atoms with Crippen LogP contribution in [0, 0.1) is 5.92 Å². The zero-order valence-electron chi connectivity index (χ0n) is 22.9. The molecule has 5 rings (SSSR count). The minimum Gasteiger partial charge on any atom is -0.495 e. The Bertz CT molecular complexity index is 1020. The molecule has 0 spiro atoms. The highest BCUT2D eigenvalue weighted by molar-refractivity contribution is 5.76. The van der Waals surface area contributed by atoms with E-state index >= 15 is 0 Å². The molecule has 0 unspecified atom stereocenters. The molecular formula is C31H44N4O3. The molecule has 0 radical (unpaired) electrons. The summed E-state index contributed by atoms with van der Waals surface area (Å²) in [5, 5.41) is 9.83. The van der Waals surface area contributed by atoms with Gasteiger partial charge in [-0.05, 0) is 55.8 Å². The number of benzene rings is 2. The number of ether oxygens (including phenoxy) is 1. The Morgan fingerprint density at radius 3 is 2.34 bits per heavy atom. The van der Waals surface area contributed by atoms with Crippen LogP contribution in [0.4, 0.5) is 5.69 Å². The highest BCUT2D eigenvalue weighted by Crippen LogP contribution is 2.32. The number of hydrogen-bond donors (Lipinski definition) is 1. The molecule has 0 saturated carbocycles. The molecular weight excluding hydrogens is 476 g/mol. The first-order valence-corrected chi connectivity index (χ1v) is 14.4. The standard InChI is InChI=1S/C31H44N4O3/c1-38-30-10-6-5-9-29(30)34-21-19-33(20-22-34)28-15-16-32(23-25-7-3-2-4-8-25)24-26(28)11-12-31(37)35-17-13-27(36)14-18-35/h2-10,26-28,36H,11-24H2,1H3/t26-,28+/m0/s1. The Hall–Kier alpha value is -2.61. The fourth-order valence-electron chi connectivity index (χ4n) is 6.61. The highest BCUT2D eigenvalue weighted by atomic mass is 16.5. The molecule has 38 heavy (non-hydrogen) atoms. The Morgan fingerprint density at radius 2 is 1.61 bits per heavy atom. The summed E-state index contributed by atoms with van der Waals surface area (Å²) in [4.78, 5) is 22.8. The molecule has 3 aliphatic heterocycles. The first-order chi connectivity index (χ1) is 18.6. The fraction of sp³-hybridized carbons (Fsp3) is 0.581. The summed E-state index contributed by atoms with van der Waals surface area (Å²) in [5.74, 6) is 1.68. The molecule has 0 aromatic heterocycles. The Labute approximate surface area is 228 Å². The third-order valence-corrected chi connectivity index (χ3v) is 8.78. The van der Waals surface area contributed by atoms with Crippen LogP contribution in [0.25, 0.3) is 0 Å². The maximum Gasteiger partial charge on any atom is 0.222 e. The molecule has 2 atom stereocenters. The van der Waals surface area contributed by atoms with Crippen LogP contribution in [0.15, 0.2) is 54.6 Å². The van der Waals surface area contributed by atoms with Crippen LogP contribution in [-0.4, -0.2) is 97.3 Å². The number of hydrogen-bond acceptors (Lipinski definition) is 6. The maximum atomic E-state index is 13.1. The van der Waals surface area contributed by atoms with E-state index in [-0.39, 0.29) is 12.0 Å². The minimum atomic E-state index is -0.247. The number of anilines is 1. The molecule has 0 aliphatic carbocycles. The summed E-state index contributed by atoms with van der Waals surface area (Å²) >= 11 is 0. The number of piperidine rings is 2. The van der Waals surface area contributed by atoms with Crippen molar-refractivity contribution < 1.29 is 14.6 Å². The van der Waals surface area contributed by atoms with Gasteiger partial charge in [-0.1, -0.05) is 42.5 Å². The molecule has 2 aromatic rings. The van der Waals surface area contributed by atoms with E-state index in [1.165, 1.54) is 11.3 Å². The van der Waals surface area contributed by atoms with Gasteiger partial charge in [-0.3, -0.25) is 14.6 Å². The predicted molar refractivity (Wildman–Crippen MR) is 151 cm³/mol. The van der Waals surface area contributed by atoms with Crippen molar-refractivity contribution in [2.24, 2.45) is 5.92 Å². The molecule has 7 nitrogen and oxygen atoms in total. The fourth-order valence-corrected chi connectivity index (χ4v) is 6.61. The number of aliphatic hydroxyl groups is 1. The van der Waals surface area contributed by atoms with Gasteiger partial charge in [0.1, 0.15) is 5.75 Å². The van der Waals surface area contributed by atoms with E-state index < -0.39 is 0 Å². The van der Waals surface area contributed by atoms with Gasteiger partial charge in [0.15, 0.2) is 0 Å². The number of methoxy groups -OCH3 is 1. The Morgan fingerprint density at radius 1 is 0.895 bits per heavy atom. The number of piperazine rings is 1. The third-order valence-electron chi connectivity index (χ3n) is 8.78. The van der Waals surface area contributed by atoms with Crippen LogP contribution in [0.3, 0.4) is 0 Å². The molecule has 3 fully saturated rings. The van der Waals surface area contributed by atoms with Gasteiger partial charge in [0.05, 0.1) is 18.9 Å². The van der Waals surface area contributed by atoms with E-state index in [2.05, 4.69) is 57.2 Å². The lowest BCUT2D eigenvalue weighted by atomic mass is 9.86. The molecule has 1 N–H and O–H groups in total. The second-order valence-electron chi connectivity index (χ2n) is 11.2. The van der Waals surface area contributed by atoms with Crippen molar-refractivity contribution in [1.29, 1.82) is 0 Å². The van der Waals surface area contributed by atoms with Crippen LogP contribution in [0.5, 0.6) is 5.75 Å². The van der Waals surface area contributed by atoms with Gasteiger partial charge < -0.3 is 19.6 Å². The van der Waals surface area contributed by atoms with E-state index in [0.717, 1.165) is 64.4 Å². The zero-order chi connectivity index (χ0) is 26.3. The van der Waals surface area contributed by atoms with Crippen molar-refractivity contribution in [3.05, 3.63) is 60.2 Å². The third kappa shape index (κ3) is 6.68. The van der Waals surface area contributed by atoms with E-state index in [1.807, 2.05) is 17.0 Å². The average molecular weight is 521 g/mol. The normalized spacial score (nSPS) is 23.9. The smallest absolute Gasteiger partial charge is 0.222 e. The van der Waals surface area contributed by atoms with Crippen molar-refractivity contribution in [2.45, 2.75) is 50.8 Å². The first kappa shape index (κ1) is 27.0. The summed E-state index contributed by atoms with van der Waals surface area (Å²) in [6.45, 7) is 8.56. The van der Waals surface area contributed by atoms with E-state index in [1.54, 1.807) is 7.11 Å². The van der Waals surface area contributed by atoms with E-state index in [4.69, 9.17) is 4.74 Å². The minimum absolute atomic E-state index is 0.247. The first-order valence-electron chi connectivity index (χ1n) is 14.4. The zero-order valence-corrected chi connectivity index (χ0v) is 22.9. The SMILES string of the molecule is COc1ccccc1N1CCN([C@@H]2CCN(Cc3ccccc3)C[C@@H]2CCC(=O)N2CCC(O)CC2)CC1. The molecule has 2 aromatic carbocycles. The number of aliphatic hydroxyl groups excluding tert-OH is 1. The summed E-state index contributed by atoms with van der Waals surface area (Å²) in [6, 6.07) is 19.6. The van der Waals surface area contributed by atoms with Gasteiger partial charge in [-0.15, -0.1) is 0 Å². The van der Waals surface area contributed by atoms with Crippen molar-refractivity contribution >= 4 is 11.6 Å². The van der Waals surface area contributed by atoms with Gasteiger partial charge in [0.25, 0.3) is 0 Å². The van der Waals surface area contributed by atoms with Crippen molar-refractivity contribution in [2.75, 3.05) is 64.4 Å². The number of carbonyl (C=O) groups is 1. The van der Waals surface area contributed by atoms with Crippen molar-refractivity contribution in [1.82, 2.24) is 14.7 Å². The molecule has 0 bridgehead atoms. The average Bonchev–Trinajstić information content (AvgIpc) is 2.97. The van der Waals surface area contributed by atoms with Crippen LogP contribution in [0.1, 0.15) is 37.7 Å². The van der Waals surface area contributed by atoms with E-state index in [9.17, 15) is 9.90 Å². The monoisotopic (exact) mass is 520 g/mol. The van der Waals surface area contributed by atoms with Crippen LogP contribution < -0.4 is 9.64 Å². The number of likely N-dealkylation sites (tertiary alicyclic amines) is 2. The quantitative estimate of drug-likeness (QED) is 0.575. The predicted octanol–water partition coefficient (Wildman–Crippen LogP) is 3.47. The number of amides is 1. The van der Waals surface area contributed by atoms with Gasteiger partial charge >= 0.3 is 0 Å². The van der Waals surface area contributed by atoms with Crippen LogP contribution >= 0.6 is 0 Å². The summed E-state index contributed by atoms with van der Waals surface area (Å²) in [5.41, 5.74) is 2.54. The lowest BCUT2D eigenvalue weighted by Crippen LogP contribution is -2.56. The number of carbonyl (C=O) groups excluding carboxylic acids is 1.